The standard InChI is InChI=1S/C15H29N3O.2ClH/c1-13(2)12-17-8-10-18(11-9-17)14(19)15(16)6-4-3-5-7-15;;/h13H,3-12,16H2,1-2H3;2*1H. The van der Waals surface area contributed by atoms with Crippen LogP contribution in [0, 0.1) is 5.92 Å². The number of nitrogens with two attached hydrogens (primary N) is 1. The van der Waals surface area contributed by atoms with E-state index in [1.165, 1.54) is 6.42 Å². The van der Waals surface area contributed by atoms with Crippen molar-refractivity contribution in [2.24, 2.45) is 11.7 Å². The average molecular weight is 340 g/mol. The zero-order valence-corrected chi connectivity index (χ0v) is 15.0. The lowest BCUT2D eigenvalue weighted by Gasteiger charge is -2.41. The van der Waals surface area contributed by atoms with Crippen LogP contribution in [0.4, 0.5) is 0 Å². The normalized spacial score (nSPS) is 22.4. The summed E-state index contributed by atoms with van der Waals surface area (Å²) in [5.74, 6) is 0.901. The second-order valence-electron chi connectivity index (χ2n) is 6.70. The predicted molar refractivity (Wildman–Crippen MR) is 92.4 cm³/mol. The molecule has 1 saturated heterocycles. The second kappa shape index (κ2) is 9.19. The molecule has 0 bridgehead atoms. The van der Waals surface area contributed by atoms with Gasteiger partial charge in [0.2, 0.25) is 5.91 Å². The van der Waals surface area contributed by atoms with Gasteiger partial charge in [-0.2, -0.15) is 0 Å². The smallest absolute Gasteiger partial charge is 0.242 e. The molecule has 0 aromatic heterocycles. The Kier molecular flexibility index (Phi) is 9.17. The summed E-state index contributed by atoms with van der Waals surface area (Å²) in [6.45, 7) is 9.33. The van der Waals surface area contributed by atoms with Gasteiger partial charge in [0, 0.05) is 32.7 Å². The van der Waals surface area contributed by atoms with Gasteiger partial charge in [0.25, 0.3) is 0 Å². The van der Waals surface area contributed by atoms with Crippen LogP contribution < -0.4 is 5.73 Å². The monoisotopic (exact) mass is 339 g/mol. The molecule has 4 nitrogen and oxygen atoms in total. The van der Waals surface area contributed by atoms with Crippen LogP contribution in [-0.4, -0.2) is 54.0 Å². The molecule has 0 aromatic rings. The maximum absolute atomic E-state index is 12.6. The molecule has 0 spiro atoms. The minimum atomic E-state index is -0.557. The van der Waals surface area contributed by atoms with Gasteiger partial charge in [0.1, 0.15) is 0 Å². The van der Waals surface area contributed by atoms with Gasteiger partial charge in [0.15, 0.2) is 0 Å². The quantitative estimate of drug-likeness (QED) is 0.858. The Balaban J connectivity index is 0.00000200. The summed E-state index contributed by atoms with van der Waals surface area (Å²) in [4.78, 5) is 17.0. The van der Waals surface area contributed by atoms with E-state index in [0.29, 0.717) is 5.92 Å². The molecular formula is C15H31Cl2N3O. The summed E-state index contributed by atoms with van der Waals surface area (Å²) >= 11 is 0. The van der Waals surface area contributed by atoms with Crippen molar-refractivity contribution in [2.75, 3.05) is 32.7 Å². The largest absolute Gasteiger partial charge is 0.339 e. The van der Waals surface area contributed by atoms with Crippen molar-refractivity contribution in [3.8, 4) is 0 Å². The summed E-state index contributed by atoms with van der Waals surface area (Å²) in [5.41, 5.74) is 5.79. The lowest BCUT2D eigenvalue weighted by Crippen LogP contribution is -2.60. The van der Waals surface area contributed by atoms with Crippen molar-refractivity contribution in [1.82, 2.24) is 9.80 Å². The minimum Gasteiger partial charge on any atom is -0.339 e. The van der Waals surface area contributed by atoms with Crippen molar-refractivity contribution in [3.63, 3.8) is 0 Å². The van der Waals surface area contributed by atoms with E-state index >= 15 is 0 Å². The van der Waals surface area contributed by atoms with Crippen LogP contribution in [0.1, 0.15) is 46.0 Å². The zero-order chi connectivity index (χ0) is 13.9. The van der Waals surface area contributed by atoms with Gasteiger partial charge in [-0.05, 0) is 18.8 Å². The van der Waals surface area contributed by atoms with Crippen molar-refractivity contribution in [3.05, 3.63) is 0 Å². The number of rotatable bonds is 3. The first-order valence-electron chi connectivity index (χ1n) is 7.82. The summed E-state index contributed by atoms with van der Waals surface area (Å²) < 4.78 is 0. The Hall–Kier alpha value is -0.0300. The van der Waals surface area contributed by atoms with Crippen LogP contribution in [0.3, 0.4) is 0 Å². The van der Waals surface area contributed by atoms with E-state index in [9.17, 15) is 4.79 Å². The van der Waals surface area contributed by atoms with Gasteiger partial charge in [-0.3, -0.25) is 9.69 Å². The third-order valence-electron chi connectivity index (χ3n) is 4.45. The molecule has 21 heavy (non-hydrogen) atoms. The van der Waals surface area contributed by atoms with E-state index in [1.807, 2.05) is 4.90 Å². The molecule has 2 aliphatic rings. The molecule has 1 heterocycles. The predicted octanol–water partition coefficient (Wildman–Crippen LogP) is 2.29. The molecule has 0 aromatic carbocycles. The maximum Gasteiger partial charge on any atom is 0.242 e. The van der Waals surface area contributed by atoms with E-state index in [4.69, 9.17) is 5.73 Å². The van der Waals surface area contributed by atoms with Crippen LogP contribution in [0.15, 0.2) is 0 Å². The third-order valence-corrected chi connectivity index (χ3v) is 4.45. The van der Waals surface area contributed by atoms with Gasteiger partial charge in [-0.15, -0.1) is 24.8 Å². The first kappa shape index (κ1) is 21.0. The highest BCUT2D eigenvalue weighted by Crippen LogP contribution is 2.28. The summed E-state index contributed by atoms with van der Waals surface area (Å²) in [6.07, 6.45) is 5.19. The molecule has 0 radical (unpaired) electrons. The molecule has 6 heteroatoms. The highest BCUT2D eigenvalue weighted by molar-refractivity contribution is 5.86. The van der Waals surface area contributed by atoms with Gasteiger partial charge >= 0.3 is 0 Å². The van der Waals surface area contributed by atoms with Crippen LogP contribution in [0.2, 0.25) is 0 Å². The number of hydrogen-bond donors (Lipinski definition) is 1. The lowest BCUT2D eigenvalue weighted by molar-refractivity contribution is -0.140. The Morgan fingerprint density at radius 3 is 2.05 bits per heavy atom. The van der Waals surface area contributed by atoms with E-state index < -0.39 is 5.54 Å². The lowest BCUT2D eigenvalue weighted by atomic mass is 9.81. The van der Waals surface area contributed by atoms with Crippen LogP contribution in [0.25, 0.3) is 0 Å². The van der Waals surface area contributed by atoms with Gasteiger partial charge < -0.3 is 10.6 Å². The SMILES string of the molecule is CC(C)CN1CCN(C(=O)C2(N)CCCCC2)CC1.Cl.Cl. The van der Waals surface area contributed by atoms with E-state index in [1.54, 1.807) is 0 Å². The number of hydrogen-bond acceptors (Lipinski definition) is 3. The molecule has 1 aliphatic heterocycles. The molecule has 0 atom stereocenters. The van der Waals surface area contributed by atoms with Gasteiger partial charge in [-0.25, -0.2) is 0 Å². The van der Waals surface area contributed by atoms with Crippen LogP contribution in [-0.2, 0) is 4.79 Å². The summed E-state index contributed by atoms with van der Waals surface area (Å²) in [5, 5.41) is 0. The topological polar surface area (TPSA) is 49.6 Å². The minimum absolute atomic E-state index is 0. The molecule has 1 aliphatic carbocycles. The first-order valence-corrected chi connectivity index (χ1v) is 7.82. The fraction of sp³-hybridized carbons (Fsp3) is 0.933. The average Bonchev–Trinajstić information content (AvgIpc) is 2.39. The van der Waals surface area contributed by atoms with E-state index in [-0.39, 0.29) is 30.7 Å². The number of piperazine rings is 1. The molecular weight excluding hydrogens is 309 g/mol. The van der Waals surface area contributed by atoms with Crippen molar-refractivity contribution in [2.45, 2.75) is 51.5 Å². The molecule has 1 saturated carbocycles. The number of amides is 1. The van der Waals surface area contributed by atoms with Gasteiger partial charge in [-0.1, -0.05) is 33.1 Å². The molecule has 2 fully saturated rings. The number of halogens is 2. The number of nitrogens with zero attached hydrogens (tertiary/aromatic N) is 2. The zero-order valence-electron chi connectivity index (χ0n) is 13.3. The summed E-state index contributed by atoms with van der Waals surface area (Å²) in [7, 11) is 0. The third kappa shape index (κ3) is 5.59. The molecule has 1 amide bonds. The highest BCUT2D eigenvalue weighted by Gasteiger charge is 2.39. The van der Waals surface area contributed by atoms with Crippen LogP contribution in [0.5, 0.6) is 0 Å². The molecule has 2 rings (SSSR count). The van der Waals surface area contributed by atoms with E-state index in [2.05, 4.69) is 18.7 Å². The molecule has 2 N–H and O–H groups in total. The van der Waals surface area contributed by atoms with Crippen LogP contribution >= 0.6 is 24.8 Å². The fourth-order valence-electron chi connectivity index (χ4n) is 3.36. The molecule has 126 valence electrons. The number of carbonyl (C=O) groups is 1. The van der Waals surface area contributed by atoms with Crippen molar-refractivity contribution >= 4 is 30.7 Å². The van der Waals surface area contributed by atoms with E-state index in [0.717, 1.165) is 58.4 Å². The number of carbonyl (C=O) groups excluding carboxylic acids is 1. The van der Waals surface area contributed by atoms with Gasteiger partial charge in [0.05, 0.1) is 5.54 Å². The Morgan fingerprint density at radius 2 is 1.57 bits per heavy atom. The van der Waals surface area contributed by atoms with Crippen molar-refractivity contribution in [1.29, 1.82) is 0 Å². The first-order chi connectivity index (χ1) is 9.01. The molecule has 0 unspecified atom stereocenters. The summed E-state index contributed by atoms with van der Waals surface area (Å²) in [6, 6.07) is 0. The Labute approximate surface area is 141 Å². The maximum atomic E-state index is 12.6. The van der Waals surface area contributed by atoms with Crippen molar-refractivity contribution < 1.29 is 4.79 Å². The second-order valence-corrected chi connectivity index (χ2v) is 6.70. The Bertz CT molecular complexity index is 312. The highest BCUT2D eigenvalue weighted by atomic mass is 35.5. The Morgan fingerprint density at radius 1 is 1.05 bits per heavy atom. The fourth-order valence-corrected chi connectivity index (χ4v) is 3.36.